The van der Waals surface area contributed by atoms with Gasteiger partial charge in [0.1, 0.15) is 85.5 Å². The molecule has 0 aliphatic carbocycles. The number of aryl methyl sites for hydroxylation is 1. The predicted molar refractivity (Wildman–Crippen MR) is 398 cm³/mol. The molecule has 0 amide bonds. The fourth-order valence-electron chi connectivity index (χ4n) is 12.5. The molecule has 5 aliphatic heterocycles. The number of aliphatic hydroxyl groups is 1. The number of rotatable bonds is 36. The van der Waals surface area contributed by atoms with Crippen molar-refractivity contribution in [3.8, 4) is 0 Å². The smallest absolute Gasteiger partial charge is 0.386 e. The van der Waals surface area contributed by atoms with Crippen LogP contribution in [0.2, 0.25) is 0 Å². The van der Waals surface area contributed by atoms with Gasteiger partial charge in [-0.2, -0.15) is 15.0 Å². The van der Waals surface area contributed by atoms with Gasteiger partial charge in [-0.1, -0.05) is 50.6 Å². The van der Waals surface area contributed by atoms with E-state index < -0.39 is 197 Å². The minimum Gasteiger partial charge on any atom is -0.394 e. The Hall–Kier alpha value is -5.18. The number of H-pyrrole nitrogens is 4. The number of hydrogen-bond acceptors (Lipinski definition) is 36. The van der Waals surface area contributed by atoms with Crippen molar-refractivity contribution in [2.75, 3.05) is 89.8 Å². The van der Waals surface area contributed by atoms with E-state index in [0.29, 0.717) is 19.6 Å². The summed E-state index contributed by atoms with van der Waals surface area (Å²) >= 11 is 22.0. The van der Waals surface area contributed by atoms with Gasteiger partial charge in [0.15, 0.2) is 11.2 Å². The van der Waals surface area contributed by atoms with Gasteiger partial charge in [0.05, 0.1) is 82.7 Å². The standard InChI is InChI=1S/C56H79BrN16O28P4S4/c1-26(2)28-14-41(69-7-4-39(59)62-52(69)78)94-35(28)22-92-105(109,88-13-12-87-11-10-86-9-6-58)101-33-17-43(71-19-27(3)48(75)67-54(71)80)96-38(33)25-91-104(85,108)100-32-18-45(73-47-46(64-56(73)82)50(77)66-51(61)65-47)97-37(32)24-90-103(84,107)99-31-16-42(70-8-5-40(60)63-53(70)79)95-36(31)23-89-102(83,106)98-30-15-44(93-34(30)21-74)72-20-29(57)49(76)68-55(72)81/h4-5,7-8,19-20,26,28,30-38,41-45,74H,6,9-18,21-25,58H2,1-3H3,(H,64,82)(H,83,106)(H,84,107)(H,85,108)(H2,59,62,78)(H2,60,63,79)(H,67,75,80)(H,68,76,81)(H3,61,65,66,77)/t28?,30?,31?,32?,33?,34-,35-,36-,37-,38-,41-,42-,43-,44-,45-,102?,103?,104?,105?/m1/s1. The number of aliphatic hydroxyl groups excluding tert-OH is 1. The number of aromatic nitrogens is 12. The van der Waals surface area contributed by atoms with E-state index in [1.165, 1.54) is 42.2 Å². The monoisotopic (exact) mass is 1750 g/mol. The number of ether oxygens (including phenoxy) is 7. The maximum atomic E-state index is 14.9. The fourth-order valence-corrected chi connectivity index (χ4v) is 19.5. The largest absolute Gasteiger partial charge is 0.394 e. The maximum absolute atomic E-state index is 14.9. The van der Waals surface area contributed by atoms with Crippen molar-refractivity contribution in [3.63, 3.8) is 0 Å². The number of nitrogens with one attached hydrogen (secondary N) is 4. The molecule has 53 heteroatoms. The molecule has 6 aromatic rings. The summed E-state index contributed by atoms with van der Waals surface area (Å²) in [5.41, 5.74) is 16.0. The van der Waals surface area contributed by atoms with Crippen LogP contribution in [0.3, 0.4) is 0 Å². The molecule has 11 rings (SSSR count). The topological polar surface area (TPSA) is 586 Å². The molecule has 109 heavy (non-hydrogen) atoms. The lowest BCUT2D eigenvalue weighted by atomic mass is 9.89. The minimum atomic E-state index is -4.84. The molecule has 0 saturated carbocycles. The van der Waals surface area contributed by atoms with Gasteiger partial charge in [0.25, 0.3) is 16.7 Å². The molecule has 0 aromatic carbocycles. The van der Waals surface area contributed by atoms with Crippen molar-refractivity contribution in [1.29, 1.82) is 0 Å². The van der Waals surface area contributed by atoms with Crippen molar-refractivity contribution in [2.45, 2.75) is 139 Å². The highest BCUT2D eigenvalue weighted by Gasteiger charge is 2.50. The molecule has 0 bridgehead atoms. The number of halogens is 1. The number of imidazole rings is 1. The van der Waals surface area contributed by atoms with Crippen LogP contribution in [0.4, 0.5) is 17.6 Å². The Kier molecular flexibility index (Phi) is 28.1. The molecular formula is C56H79BrN16O28P4S4. The highest BCUT2D eigenvalue weighted by atomic mass is 79.9. The number of nitrogens with two attached hydrogens (primary N) is 4. The van der Waals surface area contributed by atoms with Gasteiger partial charge < -0.3 is 74.8 Å². The number of nitrogens with zero attached hydrogens (tertiary/aromatic N) is 8. The number of anilines is 3. The summed E-state index contributed by atoms with van der Waals surface area (Å²) in [6, 6.07) is 2.74. The first-order chi connectivity index (χ1) is 51.6. The number of nitrogen functional groups attached to an aromatic ring is 3. The summed E-state index contributed by atoms with van der Waals surface area (Å²) in [6.45, 7) is -15.5. The van der Waals surface area contributed by atoms with Crippen LogP contribution in [0.1, 0.15) is 82.7 Å². The minimum absolute atomic E-state index is 0.0143. The molecule has 5 aliphatic rings. The number of hydrogen-bond donors (Lipinski definition) is 12. The Balaban J connectivity index is 0.824. The molecule has 9 unspecified atom stereocenters. The van der Waals surface area contributed by atoms with E-state index in [0.717, 1.165) is 24.5 Å². The zero-order chi connectivity index (χ0) is 78.6. The lowest BCUT2D eigenvalue weighted by molar-refractivity contribution is -0.0546. The average molecular weight is 1760 g/mol. The quantitative estimate of drug-likeness (QED) is 0.0151. The maximum Gasteiger partial charge on any atom is 0.386 e. The molecule has 5 saturated heterocycles. The van der Waals surface area contributed by atoms with Gasteiger partial charge in [0.2, 0.25) is 5.95 Å². The van der Waals surface area contributed by atoms with Gasteiger partial charge in [-0.15, -0.1) is 0 Å². The van der Waals surface area contributed by atoms with Crippen molar-refractivity contribution >= 4 is 120 Å². The average Bonchev–Trinajstić information content (AvgIpc) is 1.61. The van der Waals surface area contributed by atoms with Gasteiger partial charge >= 0.3 is 55.6 Å². The molecule has 0 spiro atoms. The van der Waals surface area contributed by atoms with E-state index in [1.807, 2.05) is 13.8 Å². The summed E-state index contributed by atoms with van der Waals surface area (Å²) in [5.74, 6) is -0.794. The van der Waals surface area contributed by atoms with Crippen LogP contribution in [-0.2, 0) is 99.4 Å². The number of thiol groups is 3. The van der Waals surface area contributed by atoms with Crippen molar-refractivity contribution in [1.82, 2.24) is 57.7 Å². The molecular weight excluding hydrogens is 1680 g/mol. The van der Waals surface area contributed by atoms with Crippen molar-refractivity contribution in [3.05, 3.63) is 130 Å². The Morgan fingerprint density at radius 3 is 1.54 bits per heavy atom. The summed E-state index contributed by atoms with van der Waals surface area (Å²) in [5, 5.41) is 10.2. The second-order valence-electron chi connectivity index (χ2n) is 25.5. The lowest BCUT2D eigenvalue weighted by Crippen LogP contribution is -2.33. The zero-order valence-corrected chi connectivity index (χ0v) is 66.5. The summed E-state index contributed by atoms with van der Waals surface area (Å²) in [7, 11) is 0. The Bertz CT molecular complexity index is 4970. The van der Waals surface area contributed by atoms with Gasteiger partial charge in [0, 0.05) is 62.6 Å². The third-order valence-corrected chi connectivity index (χ3v) is 25.6. The Labute approximate surface area is 643 Å². The second-order valence-corrected chi connectivity index (χ2v) is 38.0. The van der Waals surface area contributed by atoms with E-state index in [1.54, 1.807) is 0 Å². The first-order valence-corrected chi connectivity index (χ1v) is 44.8. The molecule has 19 atom stereocenters. The van der Waals surface area contributed by atoms with Crippen LogP contribution < -0.4 is 68.1 Å². The Morgan fingerprint density at radius 2 is 1.01 bits per heavy atom. The molecule has 6 aromatic heterocycles. The molecule has 602 valence electrons. The van der Waals surface area contributed by atoms with E-state index in [4.69, 9.17) is 109 Å². The fraction of sp³-hybridized carbons (Fsp3) is 0.625. The highest BCUT2D eigenvalue weighted by molar-refractivity contribution is 9.10. The molecule has 0 radical (unpaired) electrons. The van der Waals surface area contributed by atoms with E-state index in [-0.39, 0.29) is 97.0 Å². The number of fused-ring (bicyclic) bond motifs is 1. The molecule has 44 nitrogen and oxygen atoms in total. The van der Waals surface area contributed by atoms with Gasteiger partial charge in [-0.25, -0.2) is 42.2 Å². The Morgan fingerprint density at radius 1 is 0.560 bits per heavy atom. The van der Waals surface area contributed by atoms with Gasteiger partial charge in [-0.3, -0.25) is 79.7 Å². The summed E-state index contributed by atoms with van der Waals surface area (Å²) < 4.78 is 146. The van der Waals surface area contributed by atoms with Crippen LogP contribution in [-0.4, -0.2) is 190 Å². The SMILES string of the molecule is Cc1cn([C@H]2CC(OP(=S)(OCCOCCOCCN)OC[C@H]3O[C@@H](n4ccc(N)nc4=O)CC3C(C)C)[C@@H](COP(=O)(S)OC3C[C@H](n4c(=O)[nH]c5c(=O)[nH]c(N)nc54)O[C@@H]3COP(=O)(S)OC3C[C@H](n4ccc(N)nc4=O)O[C@@H]3COP(=O)(S)OC3C[C@H](n4cc(Br)c(=O)[nH]c4=O)O[C@@H]3CO)O2)c(=O)[nH]c1=O. The van der Waals surface area contributed by atoms with Gasteiger partial charge in [-0.05, 0) is 65.0 Å². The van der Waals surface area contributed by atoms with Crippen molar-refractivity contribution in [2.24, 2.45) is 17.6 Å². The van der Waals surface area contributed by atoms with Crippen LogP contribution in [0.25, 0.3) is 11.2 Å². The first kappa shape index (κ1) is 84.7. The van der Waals surface area contributed by atoms with E-state index in [2.05, 4.69) is 87.6 Å². The third-order valence-electron chi connectivity index (χ3n) is 17.7. The summed E-state index contributed by atoms with van der Waals surface area (Å²) in [6.07, 6.45) is -13.6. The van der Waals surface area contributed by atoms with Crippen molar-refractivity contribution < 1.29 is 92.7 Å². The highest BCUT2D eigenvalue weighted by Crippen LogP contribution is 2.61. The zero-order valence-electron chi connectivity index (χ0n) is 57.8. The van der Waals surface area contributed by atoms with Crippen LogP contribution in [0.5, 0.6) is 0 Å². The first-order valence-electron chi connectivity index (χ1n) is 33.4. The normalized spacial score (nSPS) is 28.0. The van der Waals surface area contributed by atoms with E-state index >= 15 is 0 Å². The number of aromatic amines is 4. The van der Waals surface area contributed by atoms with E-state index in [9.17, 15) is 57.2 Å². The second kappa shape index (κ2) is 36.1. The molecule has 13 N–H and O–H groups in total. The van der Waals surface area contributed by atoms with Crippen LogP contribution in [0.15, 0.2) is 79.7 Å². The van der Waals surface area contributed by atoms with Crippen LogP contribution >= 0.6 is 79.8 Å². The predicted octanol–water partition coefficient (Wildman–Crippen LogP) is 1.50. The van der Waals surface area contributed by atoms with Crippen LogP contribution in [0, 0.1) is 18.8 Å². The molecule has 5 fully saturated rings. The summed E-state index contributed by atoms with van der Waals surface area (Å²) in [4.78, 5) is 125. The molecule has 11 heterocycles. The third kappa shape index (κ3) is 21.2. The lowest BCUT2D eigenvalue weighted by Gasteiger charge is -2.30.